The number of nitrogens with zero attached hydrogens (tertiary/aromatic N) is 5. The molecule has 0 bridgehead atoms. The minimum absolute atomic E-state index is 0.178. The van der Waals surface area contributed by atoms with Crippen LogP contribution in [0, 0.1) is 11.7 Å². The summed E-state index contributed by atoms with van der Waals surface area (Å²) >= 11 is 10.4. The van der Waals surface area contributed by atoms with Gasteiger partial charge in [-0.05, 0) is 57.9 Å². The quantitative estimate of drug-likeness (QED) is 0.178. The average molecular weight is 633 g/mol. The Morgan fingerprint density at radius 1 is 1.07 bits per heavy atom. The predicted octanol–water partition coefficient (Wildman–Crippen LogP) is 5.96. The Morgan fingerprint density at radius 3 is 2.49 bits per heavy atom. The third-order valence-corrected chi connectivity index (χ3v) is 6.32. The van der Waals surface area contributed by atoms with Gasteiger partial charge in [-0.1, -0.05) is 25.4 Å². The maximum Gasteiger partial charge on any atom is 0.407 e. The highest BCUT2D eigenvalue weighted by Crippen LogP contribution is 2.29. The number of thiol groups is 1. The van der Waals surface area contributed by atoms with E-state index in [0.29, 0.717) is 41.4 Å². The first-order valence-electron chi connectivity index (χ1n) is 13.8. The zero-order chi connectivity index (χ0) is 31.7. The maximum absolute atomic E-state index is 14.4. The molecular weight excluding hydrogens is 595 g/mol. The molecule has 0 saturated carbocycles. The van der Waals surface area contributed by atoms with Crippen molar-refractivity contribution in [2.24, 2.45) is 5.92 Å². The highest BCUT2D eigenvalue weighted by molar-refractivity contribution is 7.80. The van der Waals surface area contributed by atoms with Gasteiger partial charge >= 0.3 is 6.09 Å². The summed E-state index contributed by atoms with van der Waals surface area (Å²) in [6, 6.07) is 7.12. The highest BCUT2D eigenvalue weighted by atomic mass is 35.5. The topological polar surface area (TPSA) is 134 Å². The van der Waals surface area contributed by atoms with Crippen molar-refractivity contribution in [3.8, 4) is 11.3 Å². The van der Waals surface area contributed by atoms with Crippen molar-refractivity contribution in [3.63, 3.8) is 0 Å². The average Bonchev–Trinajstić information content (AvgIpc) is 2.88. The molecule has 1 atom stereocenters. The van der Waals surface area contributed by atoms with E-state index in [1.807, 2.05) is 27.7 Å². The molecule has 1 unspecified atom stereocenters. The van der Waals surface area contributed by atoms with E-state index in [0.717, 1.165) is 6.54 Å². The summed E-state index contributed by atoms with van der Waals surface area (Å²) in [5.41, 5.74) is 0.277. The fraction of sp³-hybridized carbons (Fsp3) is 0.448. The molecule has 0 aliphatic rings. The number of anilines is 3. The number of benzene rings is 1. The number of rotatable bonds is 12. The first-order chi connectivity index (χ1) is 20.2. The van der Waals surface area contributed by atoms with Gasteiger partial charge in [0.25, 0.3) is 0 Å². The van der Waals surface area contributed by atoms with Gasteiger partial charge < -0.3 is 25.6 Å². The number of nitrogens with one attached hydrogen (secondary N) is 3. The highest BCUT2D eigenvalue weighted by Gasteiger charge is 2.20. The van der Waals surface area contributed by atoms with Crippen LogP contribution in [0.2, 0.25) is 5.02 Å². The minimum Gasteiger partial charge on any atom is -0.444 e. The normalized spacial score (nSPS) is 12.3. The van der Waals surface area contributed by atoms with Gasteiger partial charge in [-0.25, -0.2) is 19.2 Å². The van der Waals surface area contributed by atoms with Crippen LogP contribution in [0.4, 0.5) is 26.5 Å². The summed E-state index contributed by atoms with van der Waals surface area (Å²) in [5.74, 6) is 0.286. The predicted molar refractivity (Wildman–Crippen MR) is 168 cm³/mol. The van der Waals surface area contributed by atoms with Crippen LogP contribution in [0.25, 0.3) is 11.3 Å². The van der Waals surface area contributed by atoms with E-state index in [4.69, 9.17) is 16.3 Å². The first kappa shape index (κ1) is 33.9. The van der Waals surface area contributed by atoms with Crippen LogP contribution in [0.5, 0.6) is 0 Å². The lowest BCUT2D eigenvalue weighted by molar-refractivity contribution is -0.116. The molecule has 3 aromatic rings. The molecule has 0 aliphatic heterocycles. The summed E-state index contributed by atoms with van der Waals surface area (Å²) < 4.78 is 19.7. The summed E-state index contributed by atoms with van der Waals surface area (Å²) in [4.78, 5) is 35.4. The number of carbonyl (C=O) groups excluding carboxylic acids is 2. The minimum atomic E-state index is -0.584. The lowest BCUT2D eigenvalue weighted by atomic mass is 10.1. The van der Waals surface area contributed by atoms with Crippen molar-refractivity contribution in [1.29, 1.82) is 0 Å². The number of amides is 2. The number of hydrogen-bond donors (Lipinski definition) is 4. The van der Waals surface area contributed by atoms with Crippen LogP contribution in [0.3, 0.4) is 0 Å². The molecule has 3 N–H and O–H groups in total. The molecule has 0 fully saturated rings. The standard InChI is InChI=1S/C29H38ClFN8O3S/c1-17(2)14-39(15-18(3)34-28(41)42-29(4,5)6)10-9-26(40)36-25-13-24(32-16-33-25)35-23-12-22(37-38-27(23)43)20-11-19(30)7-8-21(20)31/h7-8,11-13,16-18H,9-10,14-15H2,1-6H3,(H,34,41)(H,38,43)(H2,32,33,35,36,37,40). The number of halogens is 2. The van der Waals surface area contributed by atoms with Crippen LogP contribution in [0.1, 0.15) is 48.0 Å². The zero-order valence-electron chi connectivity index (χ0n) is 25.1. The van der Waals surface area contributed by atoms with Crippen LogP contribution in [0.15, 0.2) is 41.7 Å². The SMILES string of the molecule is CC(C)CN(CCC(=O)Nc1cc(Nc2cc(-c3cc(Cl)ccc3F)nnc2S)ncn1)CC(C)NC(=O)OC(C)(C)C. The second-order valence-corrected chi connectivity index (χ2v) is 12.4. The summed E-state index contributed by atoms with van der Waals surface area (Å²) in [5, 5.41) is 17.4. The summed E-state index contributed by atoms with van der Waals surface area (Å²) in [6.07, 6.45) is 1.04. The van der Waals surface area contributed by atoms with Crippen molar-refractivity contribution >= 4 is 53.6 Å². The van der Waals surface area contributed by atoms with Gasteiger partial charge in [0.2, 0.25) is 5.91 Å². The molecule has 2 amide bonds. The molecule has 2 aromatic heterocycles. The van der Waals surface area contributed by atoms with Gasteiger partial charge in [0, 0.05) is 48.7 Å². The Hall–Kier alpha value is -3.55. The largest absolute Gasteiger partial charge is 0.444 e. The van der Waals surface area contributed by atoms with E-state index in [2.05, 4.69) is 67.5 Å². The van der Waals surface area contributed by atoms with Gasteiger partial charge in [0.1, 0.15) is 34.4 Å². The number of ether oxygens (including phenoxy) is 1. The molecule has 3 rings (SSSR count). The van der Waals surface area contributed by atoms with Crippen molar-refractivity contribution < 1.29 is 18.7 Å². The molecule has 1 aromatic carbocycles. The van der Waals surface area contributed by atoms with Crippen molar-refractivity contribution in [2.45, 2.75) is 64.6 Å². The molecule has 14 heteroatoms. The molecule has 0 radical (unpaired) electrons. The van der Waals surface area contributed by atoms with Gasteiger partial charge in [-0.2, -0.15) is 0 Å². The summed E-state index contributed by atoms with van der Waals surface area (Å²) in [7, 11) is 0. The van der Waals surface area contributed by atoms with Crippen molar-refractivity contribution in [2.75, 3.05) is 30.3 Å². The summed E-state index contributed by atoms with van der Waals surface area (Å²) in [6.45, 7) is 13.3. The smallest absolute Gasteiger partial charge is 0.407 e. The zero-order valence-corrected chi connectivity index (χ0v) is 26.8. The fourth-order valence-corrected chi connectivity index (χ4v) is 4.45. The van der Waals surface area contributed by atoms with Crippen LogP contribution in [-0.2, 0) is 9.53 Å². The molecule has 0 aliphatic carbocycles. The Kier molecular flexibility index (Phi) is 12.0. The van der Waals surface area contributed by atoms with E-state index < -0.39 is 17.5 Å². The van der Waals surface area contributed by atoms with Crippen LogP contribution in [-0.4, -0.2) is 68.3 Å². The maximum atomic E-state index is 14.4. The Bertz CT molecular complexity index is 1420. The second-order valence-electron chi connectivity index (χ2n) is 11.5. The number of carbonyl (C=O) groups is 2. The molecule has 43 heavy (non-hydrogen) atoms. The van der Waals surface area contributed by atoms with E-state index in [-0.39, 0.29) is 34.7 Å². The molecular formula is C29H38ClFN8O3S. The number of aromatic nitrogens is 4. The lowest BCUT2D eigenvalue weighted by Crippen LogP contribution is -2.45. The van der Waals surface area contributed by atoms with Crippen molar-refractivity contribution in [1.82, 2.24) is 30.4 Å². The molecule has 0 saturated heterocycles. The van der Waals surface area contributed by atoms with Gasteiger partial charge in [-0.3, -0.25) is 4.79 Å². The van der Waals surface area contributed by atoms with Crippen LogP contribution >= 0.6 is 24.2 Å². The van der Waals surface area contributed by atoms with E-state index in [1.165, 1.54) is 24.5 Å². The Morgan fingerprint density at radius 2 is 1.79 bits per heavy atom. The Labute approximate surface area is 261 Å². The van der Waals surface area contributed by atoms with Crippen molar-refractivity contribution in [3.05, 3.63) is 47.5 Å². The monoisotopic (exact) mass is 632 g/mol. The molecule has 2 heterocycles. The third-order valence-electron chi connectivity index (χ3n) is 5.75. The van der Waals surface area contributed by atoms with Gasteiger partial charge in [-0.15, -0.1) is 22.8 Å². The lowest BCUT2D eigenvalue weighted by Gasteiger charge is -2.28. The first-order valence-corrected chi connectivity index (χ1v) is 14.6. The molecule has 11 nitrogen and oxygen atoms in total. The second kappa shape index (κ2) is 15.3. The molecule has 0 spiro atoms. The fourth-order valence-electron chi connectivity index (χ4n) is 4.11. The molecule has 232 valence electrons. The number of alkyl carbamates (subject to hydrolysis) is 1. The van der Waals surface area contributed by atoms with E-state index >= 15 is 0 Å². The number of hydrogen-bond acceptors (Lipinski definition) is 10. The van der Waals surface area contributed by atoms with Gasteiger partial charge in [0.15, 0.2) is 0 Å². The Balaban J connectivity index is 1.61. The van der Waals surface area contributed by atoms with E-state index in [9.17, 15) is 14.0 Å². The van der Waals surface area contributed by atoms with E-state index in [1.54, 1.807) is 12.1 Å². The third kappa shape index (κ3) is 11.6. The van der Waals surface area contributed by atoms with Gasteiger partial charge in [0.05, 0.1) is 11.4 Å². The van der Waals surface area contributed by atoms with Crippen LogP contribution < -0.4 is 16.0 Å².